The molecule has 3 heterocycles. The maximum Gasteiger partial charge on any atom is 0.410 e. The van der Waals surface area contributed by atoms with Crippen molar-refractivity contribution in [3.63, 3.8) is 0 Å². The molecule has 1 amide bonds. The number of amides is 1. The monoisotopic (exact) mass is 372 g/mol. The van der Waals surface area contributed by atoms with E-state index in [-0.39, 0.29) is 35.0 Å². The summed E-state index contributed by atoms with van der Waals surface area (Å²) in [6.45, 7) is 1.73. The molecule has 134 valence electrons. The summed E-state index contributed by atoms with van der Waals surface area (Å²) < 4.78 is 41.2. The Labute approximate surface area is 144 Å². The number of aryl methyl sites for hydroxylation is 1. The highest BCUT2D eigenvalue weighted by atomic mass is 32.1. The third-order valence-corrected chi connectivity index (χ3v) is 5.14. The van der Waals surface area contributed by atoms with Gasteiger partial charge >= 0.3 is 6.18 Å². The number of carbonyl (C=O) groups is 1. The highest BCUT2D eigenvalue weighted by Gasteiger charge is 2.49. The standard InChI is InChI=1S/C14H15F3N6OS/c1-6-20-21-13(25-6)19-12(24)9-5-11-18-8(7-2-3-7)4-10(14(15,16)17)23(11)22-9/h5,7-8,10,18H,2-4H2,1H3,(H,19,21,24)/t8-,10+/m0/s1. The summed E-state index contributed by atoms with van der Waals surface area (Å²) in [5.74, 6) is -0.122. The molecule has 2 N–H and O–H groups in total. The fourth-order valence-corrected chi connectivity index (χ4v) is 3.62. The van der Waals surface area contributed by atoms with E-state index in [9.17, 15) is 18.0 Å². The maximum absolute atomic E-state index is 13.4. The van der Waals surface area contributed by atoms with Gasteiger partial charge in [-0.05, 0) is 32.1 Å². The Kier molecular flexibility index (Phi) is 3.71. The van der Waals surface area contributed by atoms with Gasteiger partial charge in [-0.3, -0.25) is 10.1 Å². The van der Waals surface area contributed by atoms with Crippen molar-refractivity contribution in [1.82, 2.24) is 20.0 Å². The second-order valence-corrected chi connectivity index (χ2v) is 7.50. The van der Waals surface area contributed by atoms with Crippen molar-refractivity contribution in [2.24, 2.45) is 5.92 Å². The lowest BCUT2D eigenvalue weighted by Crippen LogP contribution is -2.40. The number of carbonyl (C=O) groups excluding carboxylic acids is 1. The second-order valence-electron chi connectivity index (χ2n) is 6.32. The number of nitrogens with zero attached hydrogens (tertiary/aromatic N) is 4. The van der Waals surface area contributed by atoms with Crippen molar-refractivity contribution >= 4 is 28.2 Å². The van der Waals surface area contributed by atoms with E-state index < -0.39 is 18.1 Å². The SMILES string of the molecule is Cc1nnc(NC(=O)c2cc3n(n2)[C@@H](C(F)(F)F)C[C@@H](C2CC2)N3)s1. The molecule has 7 nitrogen and oxygen atoms in total. The fourth-order valence-electron chi connectivity index (χ4n) is 3.03. The predicted octanol–water partition coefficient (Wildman–Crippen LogP) is 2.99. The third kappa shape index (κ3) is 3.20. The molecule has 0 radical (unpaired) electrons. The van der Waals surface area contributed by atoms with Gasteiger partial charge in [-0.1, -0.05) is 11.3 Å². The largest absolute Gasteiger partial charge is 0.410 e. The van der Waals surface area contributed by atoms with Crippen molar-refractivity contribution in [3.05, 3.63) is 16.8 Å². The molecular weight excluding hydrogens is 357 g/mol. The average Bonchev–Trinajstić information content (AvgIpc) is 3.17. The van der Waals surface area contributed by atoms with Gasteiger partial charge in [-0.15, -0.1) is 10.2 Å². The first-order valence-corrected chi connectivity index (χ1v) is 8.67. The molecule has 0 spiro atoms. The molecule has 2 aliphatic rings. The Hall–Kier alpha value is -2.17. The minimum Gasteiger partial charge on any atom is -0.367 e. The smallest absolute Gasteiger partial charge is 0.367 e. The molecule has 2 atom stereocenters. The minimum atomic E-state index is -4.42. The maximum atomic E-state index is 13.4. The number of anilines is 2. The van der Waals surface area contributed by atoms with E-state index in [1.807, 2.05) is 0 Å². The van der Waals surface area contributed by atoms with Gasteiger partial charge < -0.3 is 5.32 Å². The van der Waals surface area contributed by atoms with Gasteiger partial charge in [0, 0.05) is 12.1 Å². The van der Waals surface area contributed by atoms with E-state index >= 15 is 0 Å². The summed E-state index contributed by atoms with van der Waals surface area (Å²) >= 11 is 1.18. The van der Waals surface area contributed by atoms with Gasteiger partial charge in [0.05, 0.1) is 0 Å². The summed E-state index contributed by atoms with van der Waals surface area (Å²) in [4.78, 5) is 12.3. The van der Waals surface area contributed by atoms with Crippen molar-refractivity contribution in [2.45, 2.75) is 44.4 Å². The third-order valence-electron chi connectivity index (χ3n) is 4.39. The first-order chi connectivity index (χ1) is 11.8. The van der Waals surface area contributed by atoms with Crippen LogP contribution in [0.3, 0.4) is 0 Å². The summed E-state index contributed by atoms with van der Waals surface area (Å²) in [7, 11) is 0. The Bertz CT molecular complexity index is 812. The van der Waals surface area contributed by atoms with Gasteiger partial charge in [-0.2, -0.15) is 18.3 Å². The van der Waals surface area contributed by atoms with E-state index in [4.69, 9.17) is 0 Å². The van der Waals surface area contributed by atoms with Crippen molar-refractivity contribution in [2.75, 3.05) is 10.6 Å². The zero-order valence-corrected chi connectivity index (χ0v) is 14.0. The first-order valence-electron chi connectivity index (χ1n) is 7.85. The Morgan fingerprint density at radius 3 is 2.76 bits per heavy atom. The Morgan fingerprint density at radius 2 is 2.16 bits per heavy atom. The van der Waals surface area contributed by atoms with Crippen LogP contribution in [0.5, 0.6) is 0 Å². The van der Waals surface area contributed by atoms with Crippen molar-refractivity contribution < 1.29 is 18.0 Å². The molecular formula is C14H15F3N6OS. The lowest BCUT2D eigenvalue weighted by Gasteiger charge is -2.33. The first kappa shape index (κ1) is 16.3. The van der Waals surface area contributed by atoms with Crippen LogP contribution < -0.4 is 10.6 Å². The number of fused-ring (bicyclic) bond motifs is 1. The average molecular weight is 372 g/mol. The van der Waals surface area contributed by atoms with Crippen molar-refractivity contribution in [1.29, 1.82) is 0 Å². The van der Waals surface area contributed by atoms with Crippen LogP contribution in [0.1, 0.15) is 40.8 Å². The molecule has 2 aromatic heterocycles. The fraction of sp³-hybridized carbons (Fsp3) is 0.571. The van der Waals surface area contributed by atoms with E-state index in [2.05, 4.69) is 25.9 Å². The quantitative estimate of drug-likeness (QED) is 0.865. The van der Waals surface area contributed by atoms with Gasteiger partial charge in [0.25, 0.3) is 5.91 Å². The molecule has 0 bridgehead atoms. The Balaban J connectivity index is 1.61. The molecule has 0 saturated heterocycles. The summed E-state index contributed by atoms with van der Waals surface area (Å²) in [6.07, 6.45) is -2.63. The lowest BCUT2D eigenvalue weighted by molar-refractivity contribution is -0.174. The minimum absolute atomic E-state index is 0.0699. The highest BCUT2D eigenvalue weighted by molar-refractivity contribution is 7.15. The number of alkyl halides is 3. The van der Waals surface area contributed by atoms with E-state index in [0.717, 1.165) is 17.5 Å². The van der Waals surface area contributed by atoms with E-state index in [1.165, 1.54) is 17.4 Å². The van der Waals surface area contributed by atoms with Gasteiger partial charge in [0.15, 0.2) is 11.7 Å². The van der Waals surface area contributed by atoms with Crippen LogP contribution in [-0.2, 0) is 0 Å². The molecule has 2 aromatic rings. The van der Waals surface area contributed by atoms with E-state index in [1.54, 1.807) is 6.92 Å². The number of rotatable bonds is 3. The lowest BCUT2D eigenvalue weighted by atomic mass is 10.0. The topological polar surface area (TPSA) is 84.7 Å². The zero-order valence-electron chi connectivity index (χ0n) is 13.2. The summed E-state index contributed by atoms with van der Waals surface area (Å²) in [5, 5.41) is 18.0. The van der Waals surface area contributed by atoms with Crippen LogP contribution in [0.15, 0.2) is 6.07 Å². The van der Waals surface area contributed by atoms with Crippen LogP contribution in [0.25, 0.3) is 0 Å². The number of nitrogens with one attached hydrogen (secondary N) is 2. The molecule has 0 aromatic carbocycles. The number of halogens is 3. The van der Waals surface area contributed by atoms with Crippen molar-refractivity contribution in [3.8, 4) is 0 Å². The molecule has 1 aliphatic carbocycles. The van der Waals surface area contributed by atoms with Gasteiger partial charge in [0.2, 0.25) is 5.13 Å². The van der Waals surface area contributed by atoms with Crippen LogP contribution in [-0.4, -0.2) is 38.1 Å². The molecule has 1 saturated carbocycles. The normalized spacial score (nSPS) is 23.0. The number of hydrogen-bond acceptors (Lipinski definition) is 6. The van der Waals surface area contributed by atoms with Crippen LogP contribution in [0, 0.1) is 12.8 Å². The number of aromatic nitrogens is 4. The van der Waals surface area contributed by atoms with Gasteiger partial charge in [0.1, 0.15) is 10.8 Å². The second kappa shape index (κ2) is 5.68. The number of hydrogen-bond donors (Lipinski definition) is 2. The zero-order chi connectivity index (χ0) is 17.8. The summed E-state index contributed by atoms with van der Waals surface area (Å²) in [5.41, 5.74) is -0.0824. The van der Waals surface area contributed by atoms with E-state index in [0.29, 0.717) is 5.01 Å². The molecule has 25 heavy (non-hydrogen) atoms. The van der Waals surface area contributed by atoms with Crippen LogP contribution in [0.4, 0.5) is 24.1 Å². The molecule has 1 aliphatic heterocycles. The Morgan fingerprint density at radius 1 is 1.40 bits per heavy atom. The molecule has 0 unspecified atom stereocenters. The van der Waals surface area contributed by atoms with Crippen LogP contribution in [0.2, 0.25) is 0 Å². The highest BCUT2D eigenvalue weighted by Crippen LogP contribution is 2.45. The predicted molar refractivity (Wildman–Crippen MR) is 84.7 cm³/mol. The summed E-state index contributed by atoms with van der Waals surface area (Å²) in [6, 6.07) is -0.603. The molecule has 1 fully saturated rings. The van der Waals surface area contributed by atoms with Crippen LogP contribution >= 0.6 is 11.3 Å². The molecule has 11 heteroatoms. The molecule has 4 rings (SSSR count). The van der Waals surface area contributed by atoms with Gasteiger partial charge in [-0.25, -0.2) is 4.68 Å².